The Bertz CT molecular complexity index is 693. The monoisotopic (exact) mass is 326 g/mol. The van der Waals surface area contributed by atoms with Crippen molar-refractivity contribution in [2.24, 2.45) is 0 Å². The average molecular weight is 326 g/mol. The fourth-order valence-corrected chi connectivity index (χ4v) is 4.13. The van der Waals surface area contributed by atoms with Gasteiger partial charge in [-0.05, 0) is 59.8 Å². The summed E-state index contributed by atoms with van der Waals surface area (Å²) in [5.74, 6) is 0.302. The van der Waals surface area contributed by atoms with Crippen LogP contribution < -0.4 is 0 Å². The number of fused-ring (bicyclic) bond motifs is 1. The van der Waals surface area contributed by atoms with Gasteiger partial charge in [0.2, 0.25) is 5.91 Å². The van der Waals surface area contributed by atoms with E-state index in [9.17, 15) is 4.79 Å². The van der Waals surface area contributed by atoms with Gasteiger partial charge in [0, 0.05) is 19.1 Å². The molecule has 1 fully saturated rings. The van der Waals surface area contributed by atoms with Gasteiger partial charge in [0.05, 0.1) is 6.04 Å². The first kappa shape index (κ1) is 14.9. The smallest absolute Gasteiger partial charge is 0.240 e. The number of nitrogens with zero attached hydrogens (tertiary/aromatic N) is 2. The Hall–Kier alpha value is -1.65. The highest BCUT2D eigenvalue weighted by Crippen LogP contribution is 2.31. The van der Waals surface area contributed by atoms with Crippen LogP contribution in [-0.2, 0) is 24.3 Å². The Morgan fingerprint density at radius 3 is 2.74 bits per heavy atom. The molecule has 0 radical (unpaired) electrons. The standard InChI is InChI=1S/C19H22N2OS/c1-20-12-16-5-3-2-4-15(16)10-18(20)19(22)21(17-6-7-17)11-14-8-9-23-13-14/h2-5,8-9,13,17-18H,6-7,10-12H2,1H3. The lowest BCUT2D eigenvalue weighted by Gasteiger charge is -2.36. The Kier molecular flexibility index (Phi) is 3.95. The van der Waals surface area contributed by atoms with Crippen LogP contribution in [-0.4, -0.2) is 34.8 Å². The lowest BCUT2D eigenvalue weighted by molar-refractivity contribution is -0.138. The molecule has 4 rings (SSSR count). The summed E-state index contributed by atoms with van der Waals surface area (Å²) in [4.78, 5) is 17.6. The molecule has 3 nitrogen and oxygen atoms in total. The lowest BCUT2D eigenvalue weighted by Crippen LogP contribution is -2.50. The van der Waals surface area contributed by atoms with E-state index in [1.807, 2.05) is 0 Å². The molecule has 1 unspecified atom stereocenters. The summed E-state index contributed by atoms with van der Waals surface area (Å²) < 4.78 is 0. The number of carbonyl (C=O) groups is 1. The molecule has 1 amide bonds. The molecule has 2 heterocycles. The van der Waals surface area contributed by atoms with Crippen molar-refractivity contribution < 1.29 is 4.79 Å². The summed E-state index contributed by atoms with van der Waals surface area (Å²) in [6.07, 6.45) is 3.14. The van der Waals surface area contributed by atoms with E-state index in [2.05, 4.69) is 57.9 Å². The highest BCUT2D eigenvalue weighted by molar-refractivity contribution is 7.07. The van der Waals surface area contributed by atoms with Crippen LogP contribution in [0, 0.1) is 0 Å². The number of rotatable bonds is 4. The molecule has 23 heavy (non-hydrogen) atoms. The van der Waals surface area contributed by atoms with Crippen LogP contribution in [0.1, 0.15) is 29.5 Å². The molecule has 0 spiro atoms. The van der Waals surface area contributed by atoms with Gasteiger partial charge in [0.25, 0.3) is 0 Å². The fourth-order valence-electron chi connectivity index (χ4n) is 3.47. The quantitative estimate of drug-likeness (QED) is 0.861. The second-order valence-corrected chi connectivity index (χ2v) is 7.51. The predicted molar refractivity (Wildman–Crippen MR) is 93.3 cm³/mol. The van der Waals surface area contributed by atoms with Gasteiger partial charge >= 0.3 is 0 Å². The topological polar surface area (TPSA) is 23.6 Å². The van der Waals surface area contributed by atoms with Gasteiger partial charge in [0.1, 0.15) is 0 Å². The lowest BCUT2D eigenvalue weighted by atomic mass is 9.93. The van der Waals surface area contributed by atoms with Gasteiger partial charge in [-0.2, -0.15) is 11.3 Å². The van der Waals surface area contributed by atoms with Crippen LogP contribution in [0.4, 0.5) is 0 Å². The van der Waals surface area contributed by atoms with E-state index in [1.54, 1.807) is 11.3 Å². The maximum Gasteiger partial charge on any atom is 0.240 e. The Labute approximate surface area is 141 Å². The molecule has 1 aliphatic heterocycles. The zero-order valence-electron chi connectivity index (χ0n) is 13.4. The van der Waals surface area contributed by atoms with Crippen molar-refractivity contribution in [1.29, 1.82) is 0 Å². The van der Waals surface area contributed by atoms with Crippen molar-refractivity contribution >= 4 is 17.2 Å². The van der Waals surface area contributed by atoms with Gasteiger partial charge in [0.15, 0.2) is 0 Å². The van der Waals surface area contributed by atoms with Crippen LogP contribution in [0.15, 0.2) is 41.1 Å². The first-order chi connectivity index (χ1) is 11.2. The summed E-state index contributed by atoms with van der Waals surface area (Å²) in [6.45, 7) is 1.63. The molecule has 1 saturated carbocycles. The molecule has 4 heteroatoms. The van der Waals surface area contributed by atoms with Gasteiger partial charge in [-0.1, -0.05) is 24.3 Å². The summed E-state index contributed by atoms with van der Waals surface area (Å²) in [6, 6.07) is 11.1. The minimum Gasteiger partial charge on any atom is -0.334 e. The second-order valence-electron chi connectivity index (χ2n) is 6.73. The molecule has 1 aromatic carbocycles. The number of hydrogen-bond donors (Lipinski definition) is 0. The van der Waals surface area contributed by atoms with Crippen LogP contribution in [0.25, 0.3) is 0 Å². The summed E-state index contributed by atoms with van der Waals surface area (Å²) in [7, 11) is 2.08. The van der Waals surface area contributed by atoms with Gasteiger partial charge in [-0.25, -0.2) is 0 Å². The van der Waals surface area contributed by atoms with E-state index in [1.165, 1.54) is 16.7 Å². The van der Waals surface area contributed by atoms with Crippen molar-refractivity contribution in [2.75, 3.05) is 7.05 Å². The van der Waals surface area contributed by atoms with Crippen LogP contribution in [0.5, 0.6) is 0 Å². The molecule has 120 valence electrons. The minimum atomic E-state index is -0.0239. The average Bonchev–Trinajstić information content (AvgIpc) is 3.27. The molecule has 0 N–H and O–H groups in total. The van der Waals surface area contributed by atoms with E-state index >= 15 is 0 Å². The third kappa shape index (κ3) is 3.06. The maximum atomic E-state index is 13.2. The second kappa shape index (κ2) is 6.10. The van der Waals surface area contributed by atoms with Crippen LogP contribution in [0.3, 0.4) is 0 Å². The minimum absolute atomic E-state index is 0.0239. The molecular weight excluding hydrogens is 304 g/mol. The van der Waals surface area contributed by atoms with Gasteiger partial charge < -0.3 is 4.90 Å². The van der Waals surface area contributed by atoms with E-state index in [-0.39, 0.29) is 6.04 Å². The van der Waals surface area contributed by atoms with E-state index in [4.69, 9.17) is 0 Å². The Morgan fingerprint density at radius 1 is 1.26 bits per heavy atom. The molecule has 1 aromatic heterocycles. The highest BCUT2D eigenvalue weighted by Gasteiger charge is 2.38. The van der Waals surface area contributed by atoms with Crippen molar-refractivity contribution in [3.05, 3.63) is 57.8 Å². The van der Waals surface area contributed by atoms with Crippen molar-refractivity contribution in [3.63, 3.8) is 0 Å². The zero-order chi connectivity index (χ0) is 15.8. The summed E-state index contributed by atoms with van der Waals surface area (Å²) in [5.41, 5.74) is 3.94. The Morgan fingerprint density at radius 2 is 2.04 bits per heavy atom. The third-order valence-corrected chi connectivity index (χ3v) is 5.70. The van der Waals surface area contributed by atoms with Crippen molar-refractivity contribution in [2.45, 2.75) is 44.4 Å². The molecule has 0 saturated heterocycles. The van der Waals surface area contributed by atoms with Crippen molar-refractivity contribution in [1.82, 2.24) is 9.80 Å². The van der Waals surface area contributed by atoms with Crippen LogP contribution in [0.2, 0.25) is 0 Å². The number of benzene rings is 1. The van der Waals surface area contributed by atoms with Crippen LogP contribution >= 0.6 is 11.3 Å². The first-order valence-electron chi connectivity index (χ1n) is 8.31. The number of thiophene rings is 1. The Balaban J connectivity index is 1.55. The van der Waals surface area contributed by atoms with E-state index in [0.29, 0.717) is 11.9 Å². The number of likely N-dealkylation sites (N-methyl/N-ethyl adjacent to an activating group) is 1. The number of carbonyl (C=O) groups excluding carboxylic acids is 1. The molecule has 1 atom stereocenters. The summed E-state index contributed by atoms with van der Waals surface area (Å²) >= 11 is 1.70. The zero-order valence-corrected chi connectivity index (χ0v) is 14.3. The molecule has 2 aliphatic rings. The van der Waals surface area contributed by atoms with E-state index in [0.717, 1.165) is 32.4 Å². The summed E-state index contributed by atoms with van der Waals surface area (Å²) in [5, 5.41) is 4.25. The van der Waals surface area contributed by atoms with Gasteiger partial charge in [-0.3, -0.25) is 9.69 Å². The largest absolute Gasteiger partial charge is 0.334 e. The first-order valence-corrected chi connectivity index (χ1v) is 9.25. The third-order valence-electron chi connectivity index (χ3n) is 4.97. The SMILES string of the molecule is CN1Cc2ccccc2CC1C(=O)N(Cc1ccsc1)C1CC1. The van der Waals surface area contributed by atoms with Crippen molar-refractivity contribution in [3.8, 4) is 0 Å². The highest BCUT2D eigenvalue weighted by atomic mass is 32.1. The normalized spacial score (nSPS) is 21.0. The fraction of sp³-hybridized carbons (Fsp3) is 0.421. The maximum absolute atomic E-state index is 13.2. The molecule has 1 aliphatic carbocycles. The molecule has 0 bridgehead atoms. The van der Waals surface area contributed by atoms with E-state index < -0.39 is 0 Å². The number of amides is 1. The molecule has 2 aromatic rings. The number of hydrogen-bond acceptors (Lipinski definition) is 3. The molecular formula is C19H22N2OS. The predicted octanol–water partition coefficient (Wildman–Crippen LogP) is 3.30. The van der Waals surface area contributed by atoms with Gasteiger partial charge in [-0.15, -0.1) is 0 Å².